The fraction of sp³-hybridized carbons (Fsp3) is 0.188. The Kier molecular flexibility index (Phi) is 9.45. The van der Waals surface area contributed by atoms with E-state index in [4.69, 9.17) is 0 Å². The Hall–Kier alpha value is -4.30. The number of hydrogen-bond acceptors (Lipinski definition) is 4. The van der Waals surface area contributed by atoms with Crippen LogP contribution in [0, 0.1) is 12.7 Å². The van der Waals surface area contributed by atoms with Gasteiger partial charge in [-0.3, -0.25) is 4.79 Å². The number of benzene rings is 4. The van der Waals surface area contributed by atoms with Crippen LogP contribution in [-0.2, 0) is 33.2 Å². The minimum atomic E-state index is -3.50. The van der Waals surface area contributed by atoms with Gasteiger partial charge in [-0.2, -0.15) is 0 Å². The summed E-state index contributed by atoms with van der Waals surface area (Å²) in [4.78, 5) is 26.2. The summed E-state index contributed by atoms with van der Waals surface area (Å²) in [5.41, 5.74) is 3.77. The summed E-state index contributed by atoms with van der Waals surface area (Å²) in [5, 5.41) is 5.51. The first-order valence-electron chi connectivity index (χ1n) is 12.9. The average molecular weight is 559 g/mol. The molecule has 4 aromatic rings. The van der Waals surface area contributed by atoms with Gasteiger partial charge in [0.2, 0.25) is 0 Å². The third-order valence-electron chi connectivity index (χ3n) is 6.50. The maximum Gasteiger partial charge on any atom is 0.319 e. The van der Waals surface area contributed by atoms with Gasteiger partial charge in [-0.1, -0.05) is 72.3 Å². The average Bonchev–Trinajstić information content (AvgIpc) is 2.94. The van der Waals surface area contributed by atoms with Crippen LogP contribution in [-0.4, -0.2) is 26.3 Å². The summed E-state index contributed by atoms with van der Waals surface area (Å²) < 4.78 is 38.7. The second-order valence-corrected chi connectivity index (χ2v) is 11.7. The van der Waals surface area contributed by atoms with Crippen LogP contribution >= 0.6 is 0 Å². The molecule has 4 aromatic carbocycles. The smallest absolute Gasteiger partial charge is 0.319 e. The Morgan fingerprint density at radius 3 is 2.05 bits per heavy atom. The summed E-state index contributed by atoms with van der Waals surface area (Å²) in [6.45, 7) is 1.89. The van der Waals surface area contributed by atoms with Gasteiger partial charge in [0, 0.05) is 12.1 Å². The molecular weight excluding hydrogens is 527 g/mol. The van der Waals surface area contributed by atoms with Crippen molar-refractivity contribution in [3.63, 3.8) is 0 Å². The Morgan fingerprint density at radius 1 is 0.775 bits per heavy atom. The number of carbonyl (C=O) groups is 2. The molecule has 0 spiro atoms. The molecule has 6 nitrogen and oxygen atoms in total. The molecule has 2 N–H and O–H groups in total. The Labute approximate surface area is 234 Å². The molecule has 8 heteroatoms. The van der Waals surface area contributed by atoms with Crippen LogP contribution < -0.4 is 10.6 Å². The van der Waals surface area contributed by atoms with Crippen LogP contribution in [0.2, 0.25) is 0 Å². The van der Waals surface area contributed by atoms with Crippen molar-refractivity contribution in [3.05, 3.63) is 131 Å². The SMILES string of the molecule is Cc1ccc(S(=O)(=O)Cc2ccc(NC(=O)N[C@H](Cc3ccccc3)C(=O)CCc3ccc(F)cc3)cc2)cc1. The van der Waals surface area contributed by atoms with Gasteiger partial charge >= 0.3 is 6.03 Å². The lowest BCUT2D eigenvalue weighted by molar-refractivity contribution is -0.120. The second kappa shape index (κ2) is 13.2. The van der Waals surface area contributed by atoms with Crippen LogP contribution in [0.1, 0.15) is 28.7 Å². The number of aryl methyl sites for hydroxylation is 2. The summed E-state index contributed by atoms with van der Waals surface area (Å²) in [6.07, 6.45) is 0.945. The molecule has 0 aliphatic carbocycles. The third-order valence-corrected chi connectivity index (χ3v) is 8.20. The zero-order valence-corrected chi connectivity index (χ0v) is 23.0. The molecule has 206 valence electrons. The highest BCUT2D eigenvalue weighted by Crippen LogP contribution is 2.19. The lowest BCUT2D eigenvalue weighted by atomic mass is 9.98. The molecular formula is C32H31FN2O4S. The number of halogens is 1. The molecule has 0 saturated carbocycles. The molecule has 0 aliphatic rings. The van der Waals surface area contributed by atoms with E-state index in [1.807, 2.05) is 37.3 Å². The van der Waals surface area contributed by atoms with Crippen molar-refractivity contribution in [1.82, 2.24) is 5.32 Å². The van der Waals surface area contributed by atoms with Crippen molar-refractivity contribution >= 4 is 27.3 Å². The van der Waals surface area contributed by atoms with Gasteiger partial charge in [-0.05, 0) is 72.9 Å². The quantitative estimate of drug-likeness (QED) is 0.235. The first-order chi connectivity index (χ1) is 19.2. The van der Waals surface area contributed by atoms with E-state index in [1.165, 1.54) is 12.1 Å². The van der Waals surface area contributed by atoms with Crippen molar-refractivity contribution in [3.8, 4) is 0 Å². The molecule has 0 fully saturated rings. The molecule has 40 heavy (non-hydrogen) atoms. The van der Waals surface area contributed by atoms with E-state index < -0.39 is 21.9 Å². The zero-order valence-electron chi connectivity index (χ0n) is 22.1. The molecule has 1 atom stereocenters. The second-order valence-electron chi connectivity index (χ2n) is 9.70. The molecule has 0 unspecified atom stereocenters. The number of urea groups is 1. The number of Topliss-reactive ketones (excluding diaryl/α,β-unsaturated/α-hetero) is 1. The maximum absolute atomic E-state index is 13.2. The molecule has 4 rings (SSSR count). The topological polar surface area (TPSA) is 92.3 Å². The highest BCUT2D eigenvalue weighted by atomic mass is 32.2. The van der Waals surface area contributed by atoms with Crippen LogP contribution in [0.15, 0.2) is 108 Å². The number of hydrogen-bond donors (Lipinski definition) is 2. The number of sulfone groups is 1. The first-order valence-corrected chi connectivity index (χ1v) is 14.6. The van der Waals surface area contributed by atoms with Crippen molar-refractivity contribution in [2.24, 2.45) is 0 Å². The highest BCUT2D eigenvalue weighted by Gasteiger charge is 2.21. The van der Waals surface area contributed by atoms with Crippen molar-refractivity contribution < 1.29 is 22.4 Å². The number of carbonyl (C=O) groups excluding carboxylic acids is 2. The van der Waals surface area contributed by atoms with Gasteiger partial charge < -0.3 is 10.6 Å². The van der Waals surface area contributed by atoms with E-state index in [0.29, 0.717) is 24.1 Å². The normalized spacial score (nSPS) is 11.9. The maximum atomic E-state index is 13.2. The molecule has 0 radical (unpaired) electrons. The summed E-state index contributed by atoms with van der Waals surface area (Å²) >= 11 is 0. The summed E-state index contributed by atoms with van der Waals surface area (Å²) in [6, 6.07) is 27.4. The first kappa shape index (κ1) is 28.7. The number of ketones is 1. The molecule has 0 aromatic heterocycles. The van der Waals surface area contributed by atoms with Gasteiger partial charge in [0.1, 0.15) is 5.82 Å². The van der Waals surface area contributed by atoms with E-state index in [1.54, 1.807) is 60.7 Å². The van der Waals surface area contributed by atoms with Crippen molar-refractivity contribution in [2.45, 2.75) is 42.9 Å². The van der Waals surface area contributed by atoms with Crippen LogP contribution in [0.5, 0.6) is 0 Å². The van der Waals surface area contributed by atoms with Gasteiger partial charge in [-0.15, -0.1) is 0 Å². The van der Waals surface area contributed by atoms with Gasteiger partial charge in [0.25, 0.3) is 0 Å². The molecule has 0 aliphatic heterocycles. The van der Waals surface area contributed by atoms with E-state index >= 15 is 0 Å². The minimum Gasteiger partial charge on any atom is -0.328 e. The zero-order chi connectivity index (χ0) is 28.5. The van der Waals surface area contributed by atoms with Gasteiger partial charge in [0.05, 0.1) is 16.7 Å². The Morgan fingerprint density at radius 2 is 1.40 bits per heavy atom. The Balaban J connectivity index is 1.38. The van der Waals surface area contributed by atoms with E-state index in [9.17, 15) is 22.4 Å². The van der Waals surface area contributed by atoms with E-state index in [2.05, 4.69) is 10.6 Å². The highest BCUT2D eigenvalue weighted by molar-refractivity contribution is 7.90. The van der Waals surface area contributed by atoms with E-state index in [0.717, 1.165) is 16.7 Å². The van der Waals surface area contributed by atoms with E-state index in [-0.39, 0.29) is 28.7 Å². The molecule has 0 bridgehead atoms. The fourth-order valence-electron chi connectivity index (χ4n) is 4.25. The standard InChI is InChI=1S/C32H31FN2O4S/c1-23-7-18-29(19-8-23)40(38,39)22-26-11-16-28(17-12-26)34-32(37)35-30(21-25-5-3-2-4-6-25)31(36)20-13-24-9-14-27(33)15-10-24/h2-12,14-19,30H,13,20-22H2,1H3,(H2,34,35,37)/t30-/m1/s1. The third kappa shape index (κ3) is 8.35. The number of rotatable bonds is 11. The van der Waals surface area contributed by atoms with Gasteiger partial charge in [0.15, 0.2) is 15.6 Å². The Bertz CT molecular complexity index is 1540. The predicted octanol–water partition coefficient (Wildman–Crippen LogP) is 6.04. The van der Waals surface area contributed by atoms with Crippen molar-refractivity contribution in [2.75, 3.05) is 5.32 Å². The minimum absolute atomic E-state index is 0.139. The van der Waals surface area contributed by atoms with Crippen LogP contribution in [0.25, 0.3) is 0 Å². The summed E-state index contributed by atoms with van der Waals surface area (Å²) in [5.74, 6) is -0.638. The fourth-order valence-corrected chi connectivity index (χ4v) is 5.59. The molecule has 0 saturated heterocycles. The molecule has 0 heterocycles. The molecule has 2 amide bonds. The lowest BCUT2D eigenvalue weighted by Gasteiger charge is -2.19. The number of anilines is 1. The van der Waals surface area contributed by atoms with Crippen molar-refractivity contribution in [1.29, 1.82) is 0 Å². The van der Waals surface area contributed by atoms with Crippen LogP contribution in [0.4, 0.5) is 14.9 Å². The predicted molar refractivity (Wildman–Crippen MR) is 154 cm³/mol. The largest absolute Gasteiger partial charge is 0.328 e. The monoisotopic (exact) mass is 558 g/mol. The number of amides is 2. The van der Waals surface area contributed by atoms with Crippen LogP contribution in [0.3, 0.4) is 0 Å². The number of nitrogens with one attached hydrogen (secondary N) is 2. The summed E-state index contributed by atoms with van der Waals surface area (Å²) in [7, 11) is -3.50. The van der Waals surface area contributed by atoms with Gasteiger partial charge in [-0.25, -0.2) is 17.6 Å². The lowest BCUT2D eigenvalue weighted by Crippen LogP contribution is -2.44.